The zero-order valence-electron chi connectivity index (χ0n) is 11.8. The minimum absolute atomic E-state index is 1.04. The van der Waals surface area contributed by atoms with Crippen LogP contribution < -0.4 is 0 Å². The fraction of sp³-hybridized carbons (Fsp3) is 0.0476. The lowest BCUT2D eigenvalue weighted by Crippen LogP contribution is -1.86. The lowest BCUT2D eigenvalue weighted by molar-refractivity contribution is 1.32. The van der Waals surface area contributed by atoms with E-state index in [4.69, 9.17) is 0 Å². The Hall–Kier alpha value is -2.60. The van der Waals surface area contributed by atoms with Crippen molar-refractivity contribution in [1.29, 1.82) is 0 Å². The van der Waals surface area contributed by atoms with Crippen molar-refractivity contribution in [2.45, 2.75) is 6.42 Å². The number of benzene rings is 3. The Morgan fingerprint density at radius 3 is 1.90 bits per heavy atom. The van der Waals surface area contributed by atoms with Gasteiger partial charge in [-0.15, -0.1) is 0 Å². The highest BCUT2D eigenvalue weighted by atomic mass is 14.2. The molecule has 0 heteroatoms. The highest BCUT2D eigenvalue weighted by molar-refractivity contribution is 5.88. The molecule has 0 spiro atoms. The van der Waals surface area contributed by atoms with E-state index in [0.717, 1.165) is 6.42 Å². The summed E-state index contributed by atoms with van der Waals surface area (Å²) in [5, 5.41) is 0. The van der Waals surface area contributed by atoms with Gasteiger partial charge in [-0.2, -0.15) is 0 Å². The first-order valence-corrected chi connectivity index (χ1v) is 7.34. The van der Waals surface area contributed by atoms with Gasteiger partial charge in [0, 0.05) is 0 Å². The summed E-state index contributed by atoms with van der Waals surface area (Å²) in [4.78, 5) is 0. The average Bonchev–Trinajstić information content (AvgIpc) is 3.00. The largest absolute Gasteiger partial charge is 0.0622 e. The second-order valence-electron chi connectivity index (χ2n) is 5.49. The summed E-state index contributed by atoms with van der Waals surface area (Å²) in [6, 6.07) is 28.1. The lowest BCUT2D eigenvalue weighted by atomic mass is 9.99. The van der Waals surface area contributed by atoms with Crippen molar-refractivity contribution in [3.63, 3.8) is 0 Å². The van der Waals surface area contributed by atoms with E-state index in [1.165, 1.54) is 33.4 Å². The summed E-state index contributed by atoms with van der Waals surface area (Å²) in [5.74, 6) is 0. The monoisotopic (exact) mass is 268 g/mol. The summed E-state index contributed by atoms with van der Waals surface area (Å²) in [5.41, 5.74) is 8.07. The highest BCUT2D eigenvalue weighted by Gasteiger charge is 2.13. The molecule has 4 rings (SSSR count). The van der Waals surface area contributed by atoms with E-state index >= 15 is 0 Å². The minimum Gasteiger partial charge on any atom is -0.0622 e. The molecular weight excluding hydrogens is 252 g/mol. The van der Waals surface area contributed by atoms with Gasteiger partial charge in [0.1, 0.15) is 0 Å². The molecule has 0 amide bonds. The second kappa shape index (κ2) is 5.06. The highest BCUT2D eigenvalue weighted by Crippen LogP contribution is 2.32. The Morgan fingerprint density at radius 2 is 1.14 bits per heavy atom. The first-order chi connectivity index (χ1) is 10.4. The summed E-state index contributed by atoms with van der Waals surface area (Å²) < 4.78 is 0. The number of allylic oxidation sites excluding steroid dienone is 1. The van der Waals surface area contributed by atoms with Crippen LogP contribution in [0.15, 0.2) is 78.9 Å². The van der Waals surface area contributed by atoms with Crippen molar-refractivity contribution in [2.75, 3.05) is 0 Å². The zero-order chi connectivity index (χ0) is 14.1. The molecule has 0 saturated heterocycles. The molecule has 0 atom stereocenters. The van der Waals surface area contributed by atoms with Crippen molar-refractivity contribution in [3.8, 4) is 11.1 Å². The van der Waals surface area contributed by atoms with Gasteiger partial charge in [-0.1, -0.05) is 84.9 Å². The molecular formula is C21H16. The number of rotatable bonds is 2. The first-order valence-electron chi connectivity index (χ1n) is 7.34. The van der Waals surface area contributed by atoms with Gasteiger partial charge in [0.15, 0.2) is 0 Å². The molecule has 100 valence electrons. The number of hydrogen-bond donors (Lipinski definition) is 0. The van der Waals surface area contributed by atoms with E-state index in [-0.39, 0.29) is 0 Å². The Labute approximate surface area is 125 Å². The molecule has 0 bridgehead atoms. The van der Waals surface area contributed by atoms with Crippen molar-refractivity contribution >= 4 is 11.6 Å². The standard InChI is InChI=1S/C21H16/c1-2-6-16(7-3-1)17-10-12-18(13-11-17)21-14-19-8-4-5-9-20(19)15-21/h1-14H,15H2. The maximum absolute atomic E-state index is 2.31. The molecule has 1 aliphatic rings. The van der Waals surface area contributed by atoms with Crippen molar-refractivity contribution < 1.29 is 0 Å². The van der Waals surface area contributed by atoms with Gasteiger partial charge in [0.05, 0.1) is 0 Å². The third kappa shape index (κ3) is 2.30. The van der Waals surface area contributed by atoms with E-state index in [9.17, 15) is 0 Å². The molecule has 21 heavy (non-hydrogen) atoms. The van der Waals surface area contributed by atoms with Crippen molar-refractivity contribution in [3.05, 3.63) is 95.6 Å². The van der Waals surface area contributed by atoms with Crippen LogP contribution in [0.3, 0.4) is 0 Å². The van der Waals surface area contributed by atoms with E-state index in [1.54, 1.807) is 0 Å². The predicted molar refractivity (Wildman–Crippen MR) is 89.9 cm³/mol. The Bertz CT molecular complexity index is 793. The van der Waals surface area contributed by atoms with Crippen LogP contribution in [0.4, 0.5) is 0 Å². The van der Waals surface area contributed by atoms with E-state index < -0.39 is 0 Å². The average molecular weight is 268 g/mol. The number of hydrogen-bond acceptors (Lipinski definition) is 0. The van der Waals surface area contributed by atoms with Crippen LogP contribution in [0.25, 0.3) is 22.8 Å². The molecule has 0 unspecified atom stereocenters. The Kier molecular flexibility index (Phi) is 2.93. The van der Waals surface area contributed by atoms with Crippen LogP contribution in [0.1, 0.15) is 16.7 Å². The van der Waals surface area contributed by atoms with Gasteiger partial charge in [-0.3, -0.25) is 0 Å². The van der Waals surface area contributed by atoms with Crippen LogP contribution >= 0.6 is 0 Å². The zero-order valence-corrected chi connectivity index (χ0v) is 11.8. The Balaban J connectivity index is 1.64. The van der Waals surface area contributed by atoms with Gasteiger partial charge in [-0.25, -0.2) is 0 Å². The maximum Gasteiger partial charge on any atom is -0.00137 e. The van der Waals surface area contributed by atoms with Crippen molar-refractivity contribution in [1.82, 2.24) is 0 Å². The summed E-state index contributed by atoms with van der Waals surface area (Å²) >= 11 is 0. The fourth-order valence-corrected chi connectivity index (χ4v) is 2.97. The molecule has 0 aliphatic heterocycles. The third-order valence-electron chi connectivity index (χ3n) is 4.13. The second-order valence-corrected chi connectivity index (χ2v) is 5.49. The van der Waals surface area contributed by atoms with E-state index in [2.05, 4.69) is 84.9 Å². The summed E-state index contributed by atoms with van der Waals surface area (Å²) in [6.07, 6.45) is 3.35. The Morgan fingerprint density at radius 1 is 0.524 bits per heavy atom. The molecule has 3 aromatic carbocycles. The SMILES string of the molecule is C1=C(c2ccc(-c3ccccc3)cc2)Cc2ccccc21. The normalized spacial score (nSPS) is 12.9. The van der Waals surface area contributed by atoms with Gasteiger partial charge in [0.25, 0.3) is 0 Å². The van der Waals surface area contributed by atoms with Crippen LogP contribution in [0.2, 0.25) is 0 Å². The van der Waals surface area contributed by atoms with Crippen LogP contribution in [-0.4, -0.2) is 0 Å². The topological polar surface area (TPSA) is 0 Å². The molecule has 0 saturated carbocycles. The molecule has 0 fully saturated rings. The summed E-state index contributed by atoms with van der Waals surface area (Å²) in [6.45, 7) is 0. The van der Waals surface area contributed by atoms with Crippen molar-refractivity contribution in [2.24, 2.45) is 0 Å². The predicted octanol–water partition coefficient (Wildman–Crippen LogP) is 5.45. The molecule has 0 radical (unpaired) electrons. The van der Waals surface area contributed by atoms with Crippen LogP contribution in [0, 0.1) is 0 Å². The number of fused-ring (bicyclic) bond motifs is 1. The van der Waals surface area contributed by atoms with Gasteiger partial charge < -0.3 is 0 Å². The van der Waals surface area contributed by atoms with Gasteiger partial charge in [0.2, 0.25) is 0 Å². The van der Waals surface area contributed by atoms with Crippen LogP contribution in [-0.2, 0) is 6.42 Å². The minimum atomic E-state index is 1.04. The fourth-order valence-electron chi connectivity index (χ4n) is 2.97. The summed E-state index contributed by atoms with van der Waals surface area (Å²) in [7, 11) is 0. The quantitative estimate of drug-likeness (QED) is 0.579. The maximum atomic E-state index is 2.31. The third-order valence-corrected chi connectivity index (χ3v) is 4.13. The molecule has 0 aromatic heterocycles. The van der Waals surface area contributed by atoms with Gasteiger partial charge in [-0.05, 0) is 39.8 Å². The lowest BCUT2D eigenvalue weighted by Gasteiger charge is -2.05. The van der Waals surface area contributed by atoms with E-state index in [0.29, 0.717) is 0 Å². The molecule has 0 N–H and O–H groups in total. The first kappa shape index (κ1) is 12.2. The molecule has 0 heterocycles. The van der Waals surface area contributed by atoms with Gasteiger partial charge >= 0.3 is 0 Å². The molecule has 3 aromatic rings. The van der Waals surface area contributed by atoms with Crippen LogP contribution in [0.5, 0.6) is 0 Å². The molecule has 0 nitrogen and oxygen atoms in total. The van der Waals surface area contributed by atoms with E-state index in [1.807, 2.05) is 0 Å². The molecule has 1 aliphatic carbocycles. The smallest absolute Gasteiger partial charge is 0.00137 e.